The minimum absolute atomic E-state index is 0.0819. The van der Waals surface area contributed by atoms with Gasteiger partial charge < -0.3 is 5.11 Å². The van der Waals surface area contributed by atoms with Crippen LogP contribution < -0.4 is 0 Å². The highest BCUT2D eigenvalue weighted by atomic mass is 32.2. The molecule has 128 valence electrons. The van der Waals surface area contributed by atoms with Gasteiger partial charge in [0.25, 0.3) is 16.1 Å². The van der Waals surface area contributed by atoms with E-state index in [1.165, 1.54) is 12.1 Å². The number of aromatic hydroxyl groups is 1. The Bertz CT molecular complexity index is 1090. The molecule has 9 heteroatoms. The molecule has 1 heterocycles. The second kappa shape index (κ2) is 6.19. The molecular formula is C16H14N4O4S. The molecule has 25 heavy (non-hydrogen) atoms. The molecule has 8 nitrogen and oxygen atoms in total. The summed E-state index contributed by atoms with van der Waals surface area (Å²) in [5, 5.41) is 18.5. The highest BCUT2D eigenvalue weighted by molar-refractivity contribution is 7.86. The van der Waals surface area contributed by atoms with Gasteiger partial charge in [-0.1, -0.05) is 24.3 Å². The van der Waals surface area contributed by atoms with Crippen LogP contribution in [0.4, 0.5) is 11.6 Å². The lowest BCUT2D eigenvalue weighted by molar-refractivity contribution is 0.480. The van der Waals surface area contributed by atoms with Crippen LogP contribution >= 0.6 is 0 Å². The zero-order valence-electron chi connectivity index (χ0n) is 13.4. The average Bonchev–Trinajstić information content (AvgIpc) is 2.52. The van der Waals surface area contributed by atoms with Crippen molar-refractivity contribution in [3.05, 3.63) is 47.8 Å². The van der Waals surface area contributed by atoms with Gasteiger partial charge in [-0.3, -0.25) is 4.55 Å². The van der Waals surface area contributed by atoms with E-state index in [1.54, 1.807) is 32.0 Å². The van der Waals surface area contributed by atoms with Crippen molar-refractivity contribution >= 4 is 32.5 Å². The minimum atomic E-state index is -4.51. The fraction of sp³-hybridized carbons (Fsp3) is 0.125. The number of aryl methyl sites for hydroxylation is 2. The molecule has 0 atom stereocenters. The first-order valence-corrected chi connectivity index (χ1v) is 8.66. The number of hydrogen-bond acceptors (Lipinski definition) is 7. The zero-order chi connectivity index (χ0) is 18.2. The van der Waals surface area contributed by atoms with E-state index in [9.17, 15) is 18.1 Å². The molecule has 2 aromatic carbocycles. The third-order valence-electron chi connectivity index (χ3n) is 3.45. The molecular weight excluding hydrogens is 344 g/mol. The molecule has 0 aliphatic rings. The molecule has 0 fully saturated rings. The van der Waals surface area contributed by atoms with Crippen LogP contribution in [-0.2, 0) is 10.1 Å². The van der Waals surface area contributed by atoms with Crippen molar-refractivity contribution in [1.29, 1.82) is 0 Å². The third kappa shape index (κ3) is 3.47. The molecule has 2 N–H and O–H groups in total. The minimum Gasteiger partial charge on any atom is -0.505 e. The second-order valence-electron chi connectivity index (χ2n) is 5.41. The van der Waals surface area contributed by atoms with Gasteiger partial charge in [-0.25, -0.2) is 9.97 Å². The summed E-state index contributed by atoms with van der Waals surface area (Å²) in [5.41, 5.74) is 1.28. The molecule has 0 spiro atoms. The fourth-order valence-corrected chi connectivity index (χ4v) is 3.17. The van der Waals surface area contributed by atoms with Crippen LogP contribution in [0, 0.1) is 13.8 Å². The normalized spacial score (nSPS) is 12.1. The van der Waals surface area contributed by atoms with Gasteiger partial charge in [-0.05, 0) is 26.0 Å². The molecule has 0 radical (unpaired) electrons. The Hall–Kier alpha value is -2.91. The van der Waals surface area contributed by atoms with Gasteiger partial charge in [0, 0.05) is 22.2 Å². The van der Waals surface area contributed by atoms with Crippen LogP contribution in [0.15, 0.2) is 51.5 Å². The van der Waals surface area contributed by atoms with Gasteiger partial charge in [0.05, 0.1) is 0 Å². The topological polar surface area (TPSA) is 125 Å². The maximum atomic E-state index is 11.7. The van der Waals surface area contributed by atoms with Crippen LogP contribution in [0.3, 0.4) is 0 Å². The Kier molecular flexibility index (Phi) is 4.19. The van der Waals surface area contributed by atoms with Gasteiger partial charge in [-0.2, -0.15) is 8.42 Å². The zero-order valence-corrected chi connectivity index (χ0v) is 14.2. The molecule has 3 aromatic rings. The first kappa shape index (κ1) is 16.9. The smallest absolute Gasteiger partial charge is 0.295 e. The highest BCUT2D eigenvalue weighted by Gasteiger charge is 2.19. The number of phenolic OH excluding ortho intramolecular Hbond substituents is 1. The monoisotopic (exact) mass is 358 g/mol. The predicted octanol–water partition coefficient (Wildman–Crippen LogP) is 3.61. The molecule has 0 unspecified atom stereocenters. The summed E-state index contributed by atoms with van der Waals surface area (Å²) in [6.07, 6.45) is 0. The number of benzene rings is 2. The number of hydrogen-bond donors (Lipinski definition) is 2. The first-order chi connectivity index (χ1) is 11.8. The molecule has 3 rings (SSSR count). The van der Waals surface area contributed by atoms with Crippen molar-refractivity contribution in [1.82, 2.24) is 9.97 Å². The molecule has 0 aliphatic heterocycles. The van der Waals surface area contributed by atoms with Crippen molar-refractivity contribution in [2.24, 2.45) is 10.2 Å². The summed E-state index contributed by atoms with van der Waals surface area (Å²) in [4.78, 5) is 7.82. The van der Waals surface area contributed by atoms with E-state index in [0.29, 0.717) is 11.4 Å². The summed E-state index contributed by atoms with van der Waals surface area (Å²) >= 11 is 0. The van der Waals surface area contributed by atoms with E-state index in [4.69, 9.17) is 0 Å². The number of azo groups is 1. The molecule has 1 aromatic heterocycles. The van der Waals surface area contributed by atoms with Crippen LogP contribution in [0.25, 0.3) is 10.8 Å². The van der Waals surface area contributed by atoms with E-state index < -0.39 is 10.1 Å². The quantitative estimate of drug-likeness (QED) is 0.544. The van der Waals surface area contributed by atoms with Crippen LogP contribution in [0.5, 0.6) is 5.75 Å². The van der Waals surface area contributed by atoms with Crippen LogP contribution in [-0.4, -0.2) is 28.0 Å². The molecule has 0 aliphatic carbocycles. The van der Waals surface area contributed by atoms with Crippen molar-refractivity contribution in [2.45, 2.75) is 18.7 Å². The maximum absolute atomic E-state index is 11.7. The van der Waals surface area contributed by atoms with Crippen molar-refractivity contribution in [3.8, 4) is 5.75 Å². The standard InChI is InChI=1S/C16H14N4O4S/c1-9-7-10(2)18-16(17-9)20-19-13-8-14(25(22,23)24)11-5-3-4-6-12(11)15(13)21/h3-8,21H,1-2H3,(H,22,23,24). The summed E-state index contributed by atoms with van der Waals surface area (Å²) in [7, 11) is -4.51. The van der Waals surface area contributed by atoms with Gasteiger partial charge in [0.1, 0.15) is 10.6 Å². The second-order valence-corrected chi connectivity index (χ2v) is 6.80. The highest BCUT2D eigenvalue weighted by Crippen LogP contribution is 2.39. The average molecular weight is 358 g/mol. The van der Waals surface area contributed by atoms with E-state index in [2.05, 4.69) is 20.2 Å². The van der Waals surface area contributed by atoms with Crippen molar-refractivity contribution in [3.63, 3.8) is 0 Å². The summed E-state index contributed by atoms with van der Waals surface area (Å²) < 4.78 is 32.8. The van der Waals surface area contributed by atoms with Crippen LogP contribution in [0.2, 0.25) is 0 Å². The van der Waals surface area contributed by atoms with E-state index in [-0.39, 0.29) is 33.1 Å². The molecule has 0 amide bonds. The lowest BCUT2D eigenvalue weighted by atomic mass is 10.1. The molecule has 0 bridgehead atoms. The van der Waals surface area contributed by atoms with E-state index >= 15 is 0 Å². The first-order valence-electron chi connectivity index (χ1n) is 7.22. The van der Waals surface area contributed by atoms with Gasteiger partial charge in [0.15, 0.2) is 5.75 Å². The maximum Gasteiger partial charge on any atom is 0.295 e. The molecule has 0 saturated heterocycles. The van der Waals surface area contributed by atoms with Crippen molar-refractivity contribution in [2.75, 3.05) is 0 Å². The third-order valence-corrected chi connectivity index (χ3v) is 4.35. The largest absolute Gasteiger partial charge is 0.505 e. The van der Waals surface area contributed by atoms with E-state index in [1.807, 2.05) is 0 Å². The number of nitrogens with zero attached hydrogens (tertiary/aromatic N) is 4. The Labute approximate surface area is 143 Å². The van der Waals surface area contributed by atoms with Gasteiger partial charge >= 0.3 is 0 Å². The number of fused-ring (bicyclic) bond motifs is 1. The summed E-state index contributed by atoms with van der Waals surface area (Å²) in [5.74, 6) is -0.172. The Morgan fingerprint density at radius 1 is 0.960 bits per heavy atom. The van der Waals surface area contributed by atoms with Gasteiger partial charge in [0.2, 0.25) is 0 Å². The van der Waals surface area contributed by atoms with Crippen LogP contribution in [0.1, 0.15) is 11.4 Å². The number of phenols is 1. The Morgan fingerprint density at radius 2 is 1.56 bits per heavy atom. The van der Waals surface area contributed by atoms with E-state index in [0.717, 1.165) is 6.07 Å². The SMILES string of the molecule is Cc1cc(C)nc(N=Nc2cc(S(=O)(=O)O)c3ccccc3c2O)n1. The Balaban J connectivity index is 2.19. The lowest BCUT2D eigenvalue weighted by Crippen LogP contribution is -1.99. The van der Waals surface area contributed by atoms with Gasteiger partial charge in [-0.15, -0.1) is 10.2 Å². The number of aromatic nitrogens is 2. The predicted molar refractivity (Wildman–Crippen MR) is 91.1 cm³/mol. The Morgan fingerprint density at radius 3 is 2.16 bits per heavy atom. The van der Waals surface area contributed by atoms with Crippen molar-refractivity contribution < 1.29 is 18.1 Å². The fourth-order valence-electron chi connectivity index (χ4n) is 2.45. The number of rotatable bonds is 3. The summed E-state index contributed by atoms with van der Waals surface area (Å²) in [6.45, 7) is 3.55. The summed E-state index contributed by atoms with van der Waals surface area (Å²) in [6, 6.07) is 9.05. The molecule has 0 saturated carbocycles. The lowest BCUT2D eigenvalue weighted by Gasteiger charge is -2.08.